The molecule has 2 rings (SSSR count). The SMILES string of the molecule is C/C(=C\CCC(O)c1ccc(-c2ccc(Cl)cc2)cc1)C(=O)NO. The van der Waals surface area contributed by atoms with E-state index in [2.05, 4.69) is 0 Å². The lowest BCUT2D eigenvalue weighted by molar-refractivity contribution is -0.125. The number of halogens is 1. The number of rotatable bonds is 6. The van der Waals surface area contributed by atoms with Gasteiger partial charge in [-0.05, 0) is 48.6 Å². The van der Waals surface area contributed by atoms with Crippen molar-refractivity contribution < 1.29 is 15.1 Å². The summed E-state index contributed by atoms with van der Waals surface area (Å²) in [6, 6.07) is 15.3. The number of amides is 1. The van der Waals surface area contributed by atoms with E-state index in [1.807, 2.05) is 48.5 Å². The molecule has 1 amide bonds. The summed E-state index contributed by atoms with van der Waals surface area (Å²) in [4.78, 5) is 11.2. The molecule has 0 saturated carbocycles. The van der Waals surface area contributed by atoms with Gasteiger partial charge in [0.1, 0.15) is 0 Å². The van der Waals surface area contributed by atoms with Gasteiger partial charge < -0.3 is 5.11 Å². The molecule has 0 heterocycles. The van der Waals surface area contributed by atoms with Crippen LogP contribution in [0.2, 0.25) is 5.02 Å². The Kier molecular flexibility index (Phi) is 6.55. The quantitative estimate of drug-likeness (QED) is 0.416. The van der Waals surface area contributed by atoms with Crippen molar-refractivity contribution in [2.45, 2.75) is 25.9 Å². The van der Waals surface area contributed by atoms with Crippen LogP contribution in [0, 0.1) is 0 Å². The largest absolute Gasteiger partial charge is 0.388 e. The third-order valence-corrected chi connectivity index (χ3v) is 4.08. The van der Waals surface area contributed by atoms with Crippen LogP contribution in [-0.4, -0.2) is 16.2 Å². The molecular weight excluding hydrogens is 326 g/mol. The summed E-state index contributed by atoms with van der Waals surface area (Å²) in [6.45, 7) is 1.61. The number of hydroxylamine groups is 1. The Morgan fingerprint density at radius 2 is 1.67 bits per heavy atom. The predicted octanol–water partition coefficient (Wildman–Crippen LogP) is 4.27. The number of aliphatic hydroxyl groups excluding tert-OH is 1. The number of aliphatic hydroxyl groups is 1. The summed E-state index contributed by atoms with van der Waals surface area (Å²) >= 11 is 5.89. The molecule has 0 bridgehead atoms. The van der Waals surface area contributed by atoms with Gasteiger partial charge in [-0.15, -0.1) is 0 Å². The van der Waals surface area contributed by atoms with Crippen LogP contribution in [0.25, 0.3) is 11.1 Å². The van der Waals surface area contributed by atoms with E-state index in [0.29, 0.717) is 23.4 Å². The lowest BCUT2D eigenvalue weighted by atomic mass is 9.99. The third kappa shape index (κ3) is 4.93. The fraction of sp³-hybridized carbons (Fsp3) is 0.211. The minimum absolute atomic E-state index is 0.419. The Bertz CT molecular complexity index is 708. The minimum Gasteiger partial charge on any atom is -0.388 e. The topological polar surface area (TPSA) is 69.6 Å². The Hall–Kier alpha value is -2.14. The van der Waals surface area contributed by atoms with Crippen molar-refractivity contribution in [2.75, 3.05) is 0 Å². The van der Waals surface area contributed by atoms with Crippen LogP contribution in [0.4, 0.5) is 0 Å². The smallest absolute Gasteiger partial charge is 0.269 e. The molecule has 5 heteroatoms. The maximum atomic E-state index is 11.2. The van der Waals surface area contributed by atoms with Gasteiger partial charge in [-0.25, -0.2) is 5.48 Å². The maximum absolute atomic E-state index is 11.2. The molecule has 24 heavy (non-hydrogen) atoms. The fourth-order valence-corrected chi connectivity index (χ4v) is 2.47. The van der Waals surface area contributed by atoms with E-state index in [9.17, 15) is 9.90 Å². The summed E-state index contributed by atoms with van der Waals surface area (Å²) in [7, 11) is 0. The van der Waals surface area contributed by atoms with Gasteiger partial charge in [0.15, 0.2) is 0 Å². The minimum atomic E-state index is -0.606. The van der Waals surface area contributed by atoms with E-state index in [1.165, 1.54) is 0 Å². The van der Waals surface area contributed by atoms with Gasteiger partial charge in [-0.1, -0.05) is 54.1 Å². The Balaban J connectivity index is 1.97. The summed E-state index contributed by atoms with van der Waals surface area (Å²) < 4.78 is 0. The second-order valence-electron chi connectivity index (χ2n) is 5.55. The maximum Gasteiger partial charge on any atom is 0.269 e. The molecule has 1 unspecified atom stereocenters. The summed E-state index contributed by atoms with van der Waals surface area (Å²) in [5.41, 5.74) is 4.94. The third-order valence-electron chi connectivity index (χ3n) is 3.82. The molecule has 0 spiro atoms. The van der Waals surface area contributed by atoms with Crippen molar-refractivity contribution in [1.82, 2.24) is 5.48 Å². The van der Waals surface area contributed by atoms with E-state index in [1.54, 1.807) is 18.5 Å². The molecule has 0 aliphatic heterocycles. The highest BCUT2D eigenvalue weighted by molar-refractivity contribution is 6.30. The molecule has 2 aromatic rings. The molecule has 0 radical (unpaired) electrons. The number of allylic oxidation sites excluding steroid dienone is 1. The van der Waals surface area contributed by atoms with Crippen molar-refractivity contribution in [2.24, 2.45) is 0 Å². The number of hydrogen-bond donors (Lipinski definition) is 3. The standard InChI is InChI=1S/C19H20ClNO3/c1-13(19(23)21-24)3-2-4-18(22)16-7-5-14(6-8-16)15-9-11-17(20)12-10-15/h3,5-12,18,22,24H,2,4H2,1H3,(H,21,23)/b13-3+. The fourth-order valence-electron chi connectivity index (χ4n) is 2.35. The molecule has 0 fully saturated rings. The van der Waals surface area contributed by atoms with Gasteiger partial charge in [0.05, 0.1) is 6.10 Å². The van der Waals surface area contributed by atoms with Crippen LogP contribution in [0.3, 0.4) is 0 Å². The molecule has 0 saturated heterocycles. The van der Waals surface area contributed by atoms with Crippen LogP contribution >= 0.6 is 11.6 Å². The molecular formula is C19H20ClNO3. The molecule has 126 valence electrons. The zero-order chi connectivity index (χ0) is 17.5. The Morgan fingerprint density at radius 3 is 2.21 bits per heavy atom. The summed E-state index contributed by atoms with van der Waals surface area (Å²) in [5, 5.41) is 19.5. The van der Waals surface area contributed by atoms with Gasteiger partial charge >= 0.3 is 0 Å². The van der Waals surface area contributed by atoms with Gasteiger partial charge in [-0.2, -0.15) is 0 Å². The van der Waals surface area contributed by atoms with Crippen molar-refractivity contribution >= 4 is 17.5 Å². The second kappa shape index (κ2) is 8.64. The normalized spacial score (nSPS) is 12.8. The molecule has 0 aromatic heterocycles. The van der Waals surface area contributed by atoms with Crippen LogP contribution in [-0.2, 0) is 4.79 Å². The zero-order valence-corrected chi connectivity index (χ0v) is 14.1. The first kappa shape index (κ1) is 18.2. The first-order valence-electron chi connectivity index (χ1n) is 7.66. The molecule has 2 aromatic carbocycles. The Morgan fingerprint density at radius 1 is 1.12 bits per heavy atom. The van der Waals surface area contributed by atoms with Crippen molar-refractivity contribution in [3.63, 3.8) is 0 Å². The number of carbonyl (C=O) groups excluding carboxylic acids is 1. The summed E-state index contributed by atoms with van der Waals surface area (Å²) in [5.74, 6) is -0.531. The van der Waals surface area contributed by atoms with Gasteiger partial charge in [-0.3, -0.25) is 10.0 Å². The highest BCUT2D eigenvalue weighted by Gasteiger charge is 2.08. The highest BCUT2D eigenvalue weighted by atomic mass is 35.5. The lowest BCUT2D eigenvalue weighted by Crippen LogP contribution is -2.19. The summed E-state index contributed by atoms with van der Waals surface area (Å²) in [6.07, 6.45) is 2.12. The van der Waals surface area contributed by atoms with Crippen LogP contribution in [0.1, 0.15) is 31.4 Å². The van der Waals surface area contributed by atoms with E-state index >= 15 is 0 Å². The number of carbonyl (C=O) groups is 1. The van der Waals surface area contributed by atoms with Gasteiger partial charge in [0.25, 0.3) is 5.91 Å². The van der Waals surface area contributed by atoms with Gasteiger partial charge in [0, 0.05) is 10.6 Å². The first-order valence-corrected chi connectivity index (χ1v) is 8.04. The van der Waals surface area contributed by atoms with Crippen molar-refractivity contribution in [3.8, 4) is 11.1 Å². The van der Waals surface area contributed by atoms with Gasteiger partial charge in [0.2, 0.25) is 0 Å². The molecule has 0 aliphatic carbocycles. The average molecular weight is 346 g/mol. The second-order valence-corrected chi connectivity index (χ2v) is 5.99. The van der Waals surface area contributed by atoms with E-state index in [0.717, 1.165) is 16.7 Å². The van der Waals surface area contributed by atoms with E-state index < -0.39 is 12.0 Å². The highest BCUT2D eigenvalue weighted by Crippen LogP contribution is 2.25. The molecule has 1 atom stereocenters. The van der Waals surface area contributed by atoms with Crippen LogP contribution < -0.4 is 5.48 Å². The van der Waals surface area contributed by atoms with E-state index in [4.69, 9.17) is 16.8 Å². The van der Waals surface area contributed by atoms with Crippen molar-refractivity contribution in [3.05, 3.63) is 70.8 Å². The Labute approximate surface area is 146 Å². The predicted molar refractivity (Wildman–Crippen MR) is 94.8 cm³/mol. The van der Waals surface area contributed by atoms with Crippen LogP contribution in [0.15, 0.2) is 60.2 Å². The van der Waals surface area contributed by atoms with Crippen LogP contribution in [0.5, 0.6) is 0 Å². The first-order chi connectivity index (χ1) is 11.5. The number of hydrogen-bond acceptors (Lipinski definition) is 3. The number of nitrogens with one attached hydrogen (secondary N) is 1. The molecule has 4 nitrogen and oxygen atoms in total. The lowest BCUT2D eigenvalue weighted by Gasteiger charge is -2.11. The monoisotopic (exact) mass is 345 g/mol. The molecule has 0 aliphatic rings. The number of benzene rings is 2. The zero-order valence-electron chi connectivity index (χ0n) is 13.4. The van der Waals surface area contributed by atoms with E-state index in [-0.39, 0.29) is 0 Å². The average Bonchev–Trinajstić information content (AvgIpc) is 2.61. The molecule has 3 N–H and O–H groups in total. The van der Waals surface area contributed by atoms with Crippen molar-refractivity contribution in [1.29, 1.82) is 0 Å².